The first kappa shape index (κ1) is 14.5. The monoisotopic (exact) mass is 301 g/mol. The Kier molecular flexibility index (Phi) is 5.43. The van der Waals surface area contributed by atoms with Crippen molar-refractivity contribution in [1.82, 2.24) is 0 Å². The molecular weight excluding hydrogens is 282 g/mol. The minimum atomic E-state index is -0.330. The van der Waals surface area contributed by atoms with E-state index in [9.17, 15) is 0 Å². The van der Waals surface area contributed by atoms with Crippen LogP contribution in [0.1, 0.15) is 18.9 Å². The van der Waals surface area contributed by atoms with Crippen LogP contribution in [0.15, 0.2) is 22.7 Å². The average molecular weight is 302 g/mol. The van der Waals surface area contributed by atoms with Gasteiger partial charge in [0.25, 0.3) is 0 Å². The number of halogens is 1. The maximum absolute atomic E-state index is 6.31. The Morgan fingerprint density at radius 2 is 2.06 bits per heavy atom. The van der Waals surface area contributed by atoms with Crippen LogP contribution in [0.4, 0.5) is 0 Å². The van der Waals surface area contributed by atoms with Crippen molar-refractivity contribution in [2.45, 2.75) is 25.3 Å². The summed E-state index contributed by atoms with van der Waals surface area (Å²) in [6, 6.07) is 5.92. The molecule has 0 bridgehead atoms. The van der Waals surface area contributed by atoms with Crippen LogP contribution in [0.25, 0.3) is 0 Å². The summed E-state index contributed by atoms with van der Waals surface area (Å²) < 4.78 is 11.5. The minimum Gasteiger partial charge on any atom is -0.497 e. The Hall–Kier alpha value is -0.580. The van der Waals surface area contributed by atoms with Crippen LogP contribution in [-0.2, 0) is 11.2 Å². The van der Waals surface area contributed by atoms with Crippen LogP contribution in [0.5, 0.6) is 5.75 Å². The highest BCUT2D eigenvalue weighted by molar-refractivity contribution is 9.10. The molecule has 0 amide bonds. The van der Waals surface area contributed by atoms with E-state index in [2.05, 4.69) is 22.9 Å². The highest BCUT2D eigenvalue weighted by Crippen LogP contribution is 2.26. The summed E-state index contributed by atoms with van der Waals surface area (Å²) in [7, 11) is 3.34. The predicted molar refractivity (Wildman–Crippen MR) is 73.5 cm³/mol. The molecule has 0 aromatic heterocycles. The van der Waals surface area contributed by atoms with E-state index in [4.69, 9.17) is 15.2 Å². The van der Waals surface area contributed by atoms with Gasteiger partial charge in [0.2, 0.25) is 0 Å². The van der Waals surface area contributed by atoms with Crippen molar-refractivity contribution < 1.29 is 9.47 Å². The molecule has 1 atom stereocenters. The first-order valence-electron chi connectivity index (χ1n) is 5.65. The van der Waals surface area contributed by atoms with Gasteiger partial charge in [-0.15, -0.1) is 0 Å². The van der Waals surface area contributed by atoms with Crippen LogP contribution in [0, 0.1) is 0 Å². The fourth-order valence-electron chi connectivity index (χ4n) is 1.76. The number of rotatable bonds is 6. The van der Waals surface area contributed by atoms with E-state index in [1.807, 2.05) is 18.2 Å². The lowest BCUT2D eigenvalue weighted by Crippen LogP contribution is -2.45. The third-order valence-electron chi connectivity index (χ3n) is 2.93. The molecule has 0 aliphatic heterocycles. The average Bonchev–Trinajstić information content (AvgIpc) is 2.32. The third-order valence-corrected chi connectivity index (χ3v) is 3.70. The van der Waals surface area contributed by atoms with Crippen molar-refractivity contribution in [3.05, 3.63) is 28.2 Å². The van der Waals surface area contributed by atoms with Crippen LogP contribution < -0.4 is 10.5 Å². The Morgan fingerprint density at radius 3 is 2.59 bits per heavy atom. The van der Waals surface area contributed by atoms with Gasteiger partial charge in [-0.25, -0.2) is 0 Å². The van der Waals surface area contributed by atoms with Gasteiger partial charge >= 0.3 is 0 Å². The summed E-state index contributed by atoms with van der Waals surface area (Å²) in [4.78, 5) is 0. The summed E-state index contributed by atoms with van der Waals surface area (Å²) in [5, 5.41) is 0. The van der Waals surface area contributed by atoms with Crippen LogP contribution in [0.2, 0.25) is 0 Å². The molecule has 0 fully saturated rings. The first-order chi connectivity index (χ1) is 8.04. The van der Waals surface area contributed by atoms with Gasteiger partial charge < -0.3 is 15.2 Å². The Balaban J connectivity index is 2.92. The molecule has 0 heterocycles. The second-order valence-electron chi connectivity index (χ2n) is 4.28. The molecule has 0 aliphatic rings. The van der Waals surface area contributed by atoms with Crippen molar-refractivity contribution in [3.63, 3.8) is 0 Å². The van der Waals surface area contributed by atoms with Crippen LogP contribution in [0.3, 0.4) is 0 Å². The SMILES string of the molecule is CCC(N)(COC)Cc1cc(OC)ccc1Br. The molecule has 0 saturated carbocycles. The molecule has 0 saturated heterocycles. The van der Waals surface area contributed by atoms with Gasteiger partial charge in [-0.1, -0.05) is 22.9 Å². The van der Waals surface area contributed by atoms with Crippen LogP contribution >= 0.6 is 15.9 Å². The Labute approximate surface area is 111 Å². The summed E-state index contributed by atoms with van der Waals surface area (Å²) in [6.07, 6.45) is 1.62. The van der Waals surface area contributed by atoms with Crippen molar-refractivity contribution in [2.24, 2.45) is 5.73 Å². The van der Waals surface area contributed by atoms with Crippen LogP contribution in [-0.4, -0.2) is 26.4 Å². The summed E-state index contributed by atoms with van der Waals surface area (Å²) in [5.74, 6) is 0.846. The highest BCUT2D eigenvalue weighted by Gasteiger charge is 2.24. The number of ether oxygens (including phenoxy) is 2. The van der Waals surface area contributed by atoms with Crippen molar-refractivity contribution in [3.8, 4) is 5.75 Å². The molecule has 2 N–H and O–H groups in total. The van der Waals surface area contributed by atoms with E-state index >= 15 is 0 Å². The van der Waals surface area contributed by atoms with Crippen molar-refractivity contribution in [2.75, 3.05) is 20.8 Å². The smallest absolute Gasteiger partial charge is 0.119 e. The lowest BCUT2D eigenvalue weighted by Gasteiger charge is -2.28. The maximum Gasteiger partial charge on any atom is 0.119 e. The highest BCUT2D eigenvalue weighted by atomic mass is 79.9. The topological polar surface area (TPSA) is 44.5 Å². The minimum absolute atomic E-state index is 0.330. The summed E-state index contributed by atoms with van der Waals surface area (Å²) in [6.45, 7) is 2.63. The fraction of sp³-hybridized carbons (Fsp3) is 0.538. The molecule has 17 heavy (non-hydrogen) atoms. The van der Waals surface area contributed by atoms with Gasteiger partial charge in [0.1, 0.15) is 5.75 Å². The zero-order valence-corrected chi connectivity index (χ0v) is 12.2. The number of benzene rings is 1. The van der Waals surface area contributed by atoms with E-state index in [0.29, 0.717) is 6.61 Å². The molecule has 1 aromatic rings. The van der Waals surface area contributed by atoms with Crippen molar-refractivity contribution >= 4 is 15.9 Å². The van der Waals surface area contributed by atoms with Gasteiger partial charge in [0.05, 0.1) is 13.7 Å². The van der Waals surface area contributed by atoms with Crippen molar-refractivity contribution in [1.29, 1.82) is 0 Å². The number of hydrogen-bond acceptors (Lipinski definition) is 3. The predicted octanol–water partition coefficient (Wildman–Crippen LogP) is 2.75. The maximum atomic E-state index is 6.31. The molecule has 1 rings (SSSR count). The van der Waals surface area contributed by atoms with Gasteiger partial charge in [0.15, 0.2) is 0 Å². The standard InChI is InChI=1S/C13H20BrNO2/c1-4-13(15,9-16-2)8-10-7-11(17-3)5-6-12(10)14/h5-7H,4,8-9,15H2,1-3H3. The zero-order valence-electron chi connectivity index (χ0n) is 10.6. The molecule has 0 aliphatic carbocycles. The third kappa shape index (κ3) is 3.98. The van der Waals surface area contributed by atoms with Gasteiger partial charge in [0, 0.05) is 17.1 Å². The zero-order chi connectivity index (χ0) is 12.9. The quantitative estimate of drug-likeness (QED) is 0.879. The largest absolute Gasteiger partial charge is 0.497 e. The van der Waals surface area contributed by atoms with E-state index in [-0.39, 0.29) is 5.54 Å². The van der Waals surface area contributed by atoms with E-state index in [1.54, 1.807) is 14.2 Å². The normalized spacial score (nSPS) is 14.4. The van der Waals surface area contributed by atoms with Gasteiger partial charge in [-0.3, -0.25) is 0 Å². The molecule has 4 heteroatoms. The van der Waals surface area contributed by atoms with E-state index in [0.717, 1.165) is 28.6 Å². The number of hydrogen-bond donors (Lipinski definition) is 1. The molecule has 1 aromatic carbocycles. The second-order valence-corrected chi connectivity index (χ2v) is 5.14. The summed E-state index contributed by atoms with van der Waals surface area (Å²) >= 11 is 3.54. The molecular formula is C13H20BrNO2. The molecule has 1 unspecified atom stereocenters. The van der Waals surface area contributed by atoms with Gasteiger partial charge in [-0.05, 0) is 36.6 Å². The lowest BCUT2D eigenvalue weighted by atomic mass is 9.90. The molecule has 96 valence electrons. The second kappa shape index (κ2) is 6.38. The molecule has 0 radical (unpaired) electrons. The van der Waals surface area contributed by atoms with E-state index in [1.165, 1.54) is 0 Å². The van der Waals surface area contributed by atoms with Gasteiger partial charge in [-0.2, -0.15) is 0 Å². The summed E-state index contributed by atoms with van der Waals surface area (Å²) in [5.41, 5.74) is 7.13. The Morgan fingerprint density at radius 1 is 1.35 bits per heavy atom. The Bertz CT molecular complexity index is 370. The number of nitrogens with two attached hydrogens (primary N) is 1. The lowest BCUT2D eigenvalue weighted by molar-refractivity contribution is 0.129. The molecule has 0 spiro atoms. The number of methoxy groups -OCH3 is 2. The fourth-order valence-corrected chi connectivity index (χ4v) is 2.15. The van der Waals surface area contributed by atoms with E-state index < -0.39 is 0 Å². The molecule has 3 nitrogen and oxygen atoms in total. The first-order valence-corrected chi connectivity index (χ1v) is 6.44.